The number of esters is 1. The predicted octanol–water partition coefficient (Wildman–Crippen LogP) is 5.49. The number of ether oxygens (including phenoxy) is 2. The maximum absolute atomic E-state index is 12.8. The first kappa shape index (κ1) is 21.7. The number of hydrogen-bond donors (Lipinski definition) is 2. The zero-order chi connectivity index (χ0) is 21.7. The summed E-state index contributed by atoms with van der Waals surface area (Å²) in [6.07, 6.45) is 1.10. The van der Waals surface area contributed by atoms with Crippen molar-refractivity contribution in [2.45, 2.75) is 45.8 Å². The van der Waals surface area contributed by atoms with Gasteiger partial charge in [0, 0.05) is 10.7 Å². The van der Waals surface area contributed by atoms with E-state index in [0.717, 1.165) is 12.0 Å². The molecule has 1 aliphatic heterocycles. The molecule has 0 aliphatic carbocycles. The van der Waals surface area contributed by atoms with Gasteiger partial charge in [-0.25, -0.2) is 9.59 Å². The number of rotatable bonds is 7. The van der Waals surface area contributed by atoms with Crippen molar-refractivity contribution in [1.29, 1.82) is 0 Å². The predicted molar refractivity (Wildman–Crippen MR) is 116 cm³/mol. The summed E-state index contributed by atoms with van der Waals surface area (Å²) in [4.78, 5) is 25.0. The highest BCUT2D eigenvalue weighted by Gasteiger charge is 2.33. The molecule has 1 unspecified atom stereocenters. The van der Waals surface area contributed by atoms with E-state index in [4.69, 9.17) is 21.1 Å². The van der Waals surface area contributed by atoms with Crippen LogP contribution in [0, 0.1) is 0 Å². The van der Waals surface area contributed by atoms with Crippen molar-refractivity contribution in [2.75, 3.05) is 0 Å². The van der Waals surface area contributed by atoms with Gasteiger partial charge >= 0.3 is 12.0 Å². The second-order valence-corrected chi connectivity index (χ2v) is 7.69. The molecular formula is C23H25ClN2O4. The molecule has 3 rings (SSSR count). The molecule has 0 radical (unpaired) electrons. The fourth-order valence-corrected chi connectivity index (χ4v) is 3.33. The van der Waals surface area contributed by atoms with Gasteiger partial charge in [0.15, 0.2) is 0 Å². The third-order valence-corrected chi connectivity index (χ3v) is 4.73. The van der Waals surface area contributed by atoms with Gasteiger partial charge < -0.3 is 20.1 Å². The number of halogens is 1. The first-order valence-electron chi connectivity index (χ1n) is 9.92. The van der Waals surface area contributed by atoms with Crippen LogP contribution in [0.2, 0.25) is 5.02 Å². The number of carbonyl (C=O) groups is 2. The van der Waals surface area contributed by atoms with E-state index in [1.165, 1.54) is 0 Å². The monoisotopic (exact) mass is 428 g/mol. The van der Waals surface area contributed by atoms with Crippen LogP contribution in [-0.2, 0) is 9.53 Å². The molecule has 0 spiro atoms. The fourth-order valence-electron chi connectivity index (χ4n) is 3.20. The molecule has 30 heavy (non-hydrogen) atoms. The maximum atomic E-state index is 12.8. The molecule has 2 N–H and O–H groups in total. The lowest BCUT2D eigenvalue weighted by Crippen LogP contribution is -2.46. The van der Waals surface area contributed by atoms with E-state index in [0.29, 0.717) is 34.2 Å². The number of benzene rings is 2. The van der Waals surface area contributed by atoms with Crippen LogP contribution in [0.3, 0.4) is 0 Å². The Kier molecular flexibility index (Phi) is 7.00. The minimum Gasteiger partial charge on any atom is -0.459 e. The number of carbonyl (C=O) groups excluding carboxylic acids is 2. The standard InChI is InChI=1S/C23H25ClN2O4/c1-4-5-19-20(22(27)29-14(2)3)21(26-23(28)25-19)15-6-10-17(11-7-15)30-18-12-8-16(24)9-13-18/h6-14,21H,4-5H2,1-3H3,(H2,25,26,28). The van der Waals surface area contributed by atoms with Gasteiger partial charge in [0.25, 0.3) is 0 Å². The highest BCUT2D eigenvalue weighted by molar-refractivity contribution is 6.30. The Balaban J connectivity index is 1.88. The van der Waals surface area contributed by atoms with Gasteiger partial charge in [-0.1, -0.05) is 37.1 Å². The van der Waals surface area contributed by atoms with Crippen LogP contribution in [0.15, 0.2) is 59.8 Å². The lowest BCUT2D eigenvalue weighted by Gasteiger charge is -2.30. The summed E-state index contributed by atoms with van der Waals surface area (Å²) in [6.45, 7) is 5.58. The molecule has 1 atom stereocenters. The normalized spacial score (nSPS) is 16.2. The van der Waals surface area contributed by atoms with Gasteiger partial charge in [0.2, 0.25) is 0 Å². The van der Waals surface area contributed by atoms with Gasteiger partial charge in [-0.2, -0.15) is 0 Å². The lowest BCUT2D eigenvalue weighted by atomic mass is 9.93. The molecule has 1 aliphatic rings. The van der Waals surface area contributed by atoms with E-state index < -0.39 is 12.0 Å². The molecule has 6 nitrogen and oxygen atoms in total. The van der Waals surface area contributed by atoms with Crippen LogP contribution >= 0.6 is 11.6 Å². The fraction of sp³-hybridized carbons (Fsp3) is 0.304. The molecule has 0 aromatic heterocycles. The summed E-state index contributed by atoms with van der Waals surface area (Å²) in [5.41, 5.74) is 1.78. The molecular weight excluding hydrogens is 404 g/mol. The van der Waals surface area contributed by atoms with E-state index in [1.54, 1.807) is 50.2 Å². The summed E-state index contributed by atoms with van der Waals surface area (Å²) in [5.74, 6) is 0.853. The molecule has 158 valence electrons. The van der Waals surface area contributed by atoms with E-state index >= 15 is 0 Å². The number of allylic oxidation sites excluding steroid dienone is 1. The van der Waals surface area contributed by atoms with Crippen LogP contribution in [0.1, 0.15) is 45.2 Å². The van der Waals surface area contributed by atoms with Gasteiger partial charge in [0.1, 0.15) is 11.5 Å². The van der Waals surface area contributed by atoms with Crippen LogP contribution < -0.4 is 15.4 Å². The van der Waals surface area contributed by atoms with Crippen molar-refractivity contribution in [3.05, 3.63) is 70.4 Å². The molecule has 1 heterocycles. The molecule has 7 heteroatoms. The Labute approximate surface area is 181 Å². The van der Waals surface area contributed by atoms with Crippen molar-refractivity contribution in [3.63, 3.8) is 0 Å². The Hall–Kier alpha value is -2.99. The topological polar surface area (TPSA) is 76.7 Å². The molecule has 2 aromatic carbocycles. The smallest absolute Gasteiger partial charge is 0.338 e. The van der Waals surface area contributed by atoms with Crippen molar-refractivity contribution in [1.82, 2.24) is 10.6 Å². The summed E-state index contributed by atoms with van der Waals surface area (Å²) in [6, 6.07) is 13.4. The Morgan fingerprint density at radius 3 is 2.23 bits per heavy atom. The Morgan fingerprint density at radius 1 is 1.07 bits per heavy atom. The van der Waals surface area contributed by atoms with Crippen molar-refractivity contribution >= 4 is 23.6 Å². The summed E-state index contributed by atoms with van der Waals surface area (Å²) >= 11 is 5.90. The summed E-state index contributed by atoms with van der Waals surface area (Å²) in [7, 11) is 0. The van der Waals surface area contributed by atoms with Crippen LogP contribution in [0.4, 0.5) is 4.79 Å². The number of hydrogen-bond acceptors (Lipinski definition) is 4. The second-order valence-electron chi connectivity index (χ2n) is 7.25. The minimum atomic E-state index is -0.601. The molecule has 0 saturated carbocycles. The summed E-state index contributed by atoms with van der Waals surface area (Å²) < 4.78 is 11.3. The largest absolute Gasteiger partial charge is 0.459 e. The van der Waals surface area contributed by atoms with Crippen LogP contribution in [-0.4, -0.2) is 18.1 Å². The van der Waals surface area contributed by atoms with E-state index in [9.17, 15) is 9.59 Å². The Bertz CT molecular complexity index is 937. The van der Waals surface area contributed by atoms with Crippen molar-refractivity contribution < 1.29 is 19.1 Å². The van der Waals surface area contributed by atoms with E-state index in [-0.39, 0.29) is 12.1 Å². The number of nitrogens with one attached hydrogen (secondary N) is 2. The molecule has 0 bridgehead atoms. The number of urea groups is 1. The average Bonchev–Trinajstić information content (AvgIpc) is 2.69. The van der Waals surface area contributed by atoms with Gasteiger partial charge in [-0.3, -0.25) is 0 Å². The van der Waals surface area contributed by atoms with Crippen LogP contribution in [0.5, 0.6) is 11.5 Å². The van der Waals surface area contributed by atoms with Crippen LogP contribution in [0.25, 0.3) is 0 Å². The van der Waals surface area contributed by atoms with E-state index in [2.05, 4.69) is 10.6 Å². The van der Waals surface area contributed by atoms with Crippen molar-refractivity contribution in [3.8, 4) is 11.5 Å². The van der Waals surface area contributed by atoms with Gasteiger partial charge in [-0.15, -0.1) is 0 Å². The minimum absolute atomic E-state index is 0.263. The quantitative estimate of drug-likeness (QED) is 0.571. The number of amides is 2. The molecule has 2 aromatic rings. The lowest BCUT2D eigenvalue weighted by molar-refractivity contribution is -0.143. The van der Waals surface area contributed by atoms with E-state index in [1.807, 2.05) is 19.1 Å². The zero-order valence-electron chi connectivity index (χ0n) is 17.2. The highest BCUT2D eigenvalue weighted by atomic mass is 35.5. The first-order valence-corrected chi connectivity index (χ1v) is 10.3. The molecule has 0 fully saturated rings. The third kappa shape index (κ3) is 5.33. The van der Waals surface area contributed by atoms with Crippen molar-refractivity contribution in [2.24, 2.45) is 0 Å². The third-order valence-electron chi connectivity index (χ3n) is 4.48. The molecule has 0 saturated heterocycles. The maximum Gasteiger partial charge on any atom is 0.338 e. The second kappa shape index (κ2) is 9.67. The molecule has 2 amide bonds. The van der Waals surface area contributed by atoms with Gasteiger partial charge in [-0.05, 0) is 62.2 Å². The SMILES string of the molecule is CCCC1=C(C(=O)OC(C)C)C(c2ccc(Oc3ccc(Cl)cc3)cc2)NC(=O)N1. The first-order chi connectivity index (χ1) is 14.4. The average molecular weight is 429 g/mol. The zero-order valence-corrected chi connectivity index (χ0v) is 18.0. The Morgan fingerprint density at radius 2 is 1.67 bits per heavy atom. The highest BCUT2D eigenvalue weighted by Crippen LogP contribution is 2.31. The van der Waals surface area contributed by atoms with Gasteiger partial charge in [0.05, 0.1) is 17.7 Å². The summed E-state index contributed by atoms with van der Waals surface area (Å²) in [5, 5.41) is 6.23.